The number of fused-ring (bicyclic) bond motifs is 1. The van der Waals surface area contributed by atoms with Crippen molar-refractivity contribution >= 4 is 11.3 Å². The second-order valence-corrected chi connectivity index (χ2v) is 4.55. The summed E-state index contributed by atoms with van der Waals surface area (Å²) in [5, 5.41) is 4.20. The van der Waals surface area contributed by atoms with Crippen molar-refractivity contribution in [1.29, 1.82) is 0 Å². The molecule has 0 radical (unpaired) electrons. The maximum atomic E-state index is 12.0. The van der Waals surface area contributed by atoms with Crippen molar-refractivity contribution in [3.63, 3.8) is 0 Å². The van der Waals surface area contributed by atoms with Gasteiger partial charge in [-0.25, -0.2) is 13.9 Å². The Morgan fingerprint density at radius 2 is 2.14 bits per heavy atom. The van der Waals surface area contributed by atoms with Gasteiger partial charge in [0.1, 0.15) is 5.75 Å². The Balaban J connectivity index is 1.61. The molecule has 0 saturated heterocycles. The van der Waals surface area contributed by atoms with E-state index < -0.39 is 0 Å². The lowest BCUT2D eigenvalue weighted by Gasteiger charge is -2.07. The van der Waals surface area contributed by atoms with Gasteiger partial charge in [-0.2, -0.15) is 0 Å². The van der Waals surface area contributed by atoms with Crippen LogP contribution in [0.5, 0.6) is 5.75 Å². The number of hydrogen-bond donors (Lipinski definition) is 1. The molecule has 7 heteroatoms. The highest BCUT2D eigenvalue weighted by molar-refractivity contribution is 5.51. The fraction of sp³-hybridized carbons (Fsp3) is 0.214. The lowest BCUT2D eigenvalue weighted by Crippen LogP contribution is -2.22. The molecule has 21 heavy (non-hydrogen) atoms. The first-order chi connectivity index (χ1) is 10.3. The highest BCUT2D eigenvalue weighted by atomic mass is 16.5. The van der Waals surface area contributed by atoms with Crippen molar-refractivity contribution < 1.29 is 4.74 Å². The van der Waals surface area contributed by atoms with Gasteiger partial charge in [0.25, 0.3) is 0 Å². The van der Waals surface area contributed by atoms with Gasteiger partial charge in [-0.1, -0.05) is 12.1 Å². The largest absolute Gasteiger partial charge is 0.491 e. The first-order valence-corrected chi connectivity index (χ1v) is 6.62. The average Bonchev–Trinajstić information content (AvgIpc) is 2.82. The fourth-order valence-corrected chi connectivity index (χ4v) is 2.03. The van der Waals surface area contributed by atoms with Crippen molar-refractivity contribution in [2.75, 3.05) is 12.3 Å². The number of ether oxygens (including phenoxy) is 1. The number of hydrogen-bond acceptors (Lipinski definition) is 5. The van der Waals surface area contributed by atoms with Crippen LogP contribution >= 0.6 is 0 Å². The zero-order valence-electron chi connectivity index (χ0n) is 11.3. The molecule has 0 atom stereocenters. The second-order valence-electron chi connectivity index (χ2n) is 4.55. The Morgan fingerprint density at radius 1 is 1.29 bits per heavy atom. The van der Waals surface area contributed by atoms with E-state index in [1.807, 2.05) is 18.2 Å². The van der Waals surface area contributed by atoms with Crippen LogP contribution in [-0.4, -0.2) is 25.8 Å². The Kier molecular flexibility index (Phi) is 3.55. The van der Waals surface area contributed by atoms with Gasteiger partial charge in [-0.3, -0.25) is 4.98 Å². The summed E-state index contributed by atoms with van der Waals surface area (Å²) >= 11 is 0. The fourth-order valence-electron chi connectivity index (χ4n) is 2.03. The number of nitrogens with zero attached hydrogens (tertiary/aromatic N) is 4. The quantitative estimate of drug-likeness (QED) is 0.557. The Morgan fingerprint density at radius 3 is 2.95 bits per heavy atom. The molecule has 3 aromatic rings. The Labute approximate surface area is 120 Å². The monoisotopic (exact) mass is 285 g/mol. The van der Waals surface area contributed by atoms with E-state index in [2.05, 4.69) is 10.1 Å². The molecule has 1 aromatic carbocycles. The van der Waals surface area contributed by atoms with E-state index in [1.165, 1.54) is 9.08 Å². The van der Waals surface area contributed by atoms with E-state index >= 15 is 0 Å². The first kappa shape index (κ1) is 13.2. The number of nitrogens with two attached hydrogens (primary N) is 1. The lowest BCUT2D eigenvalue weighted by atomic mass is 10.3. The smallest absolute Gasteiger partial charge is 0.350 e. The number of aromatic nitrogens is 4. The molecule has 2 heterocycles. The van der Waals surface area contributed by atoms with Crippen molar-refractivity contribution in [3.05, 3.63) is 53.3 Å². The highest BCUT2D eigenvalue weighted by Gasteiger charge is 2.06. The van der Waals surface area contributed by atoms with Crippen LogP contribution in [0.15, 0.2) is 47.7 Å². The summed E-state index contributed by atoms with van der Waals surface area (Å²) in [6, 6.07) is 7.32. The van der Waals surface area contributed by atoms with Gasteiger partial charge in [0.15, 0.2) is 5.65 Å². The molecular weight excluding hydrogens is 270 g/mol. The van der Waals surface area contributed by atoms with E-state index in [0.29, 0.717) is 36.7 Å². The minimum Gasteiger partial charge on any atom is -0.491 e. The van der Waals surface area contributed by atoms with E-state index in [0.717, 1.165) is 0 Å². The minimum absolute atomic E-state index is 0.174. The number of benzene rings is 1. The highest BCUT2D eigenvalue weighted by Crippen LogP contribution is 2.19. The van der Waals surface area contributed by atoms with Crippen LogP contribution in [0.3, 0.4) is 0 Å². The van der Waals surface area contributed by atoms with Crippen LogP contribution in [0, 0.1) is 0 Å². The van der Waals surface area contributed by atoms with Crippen LogP contribution in [0.2, 0.25) is 0 Å². The summed E-state index contributed by atoms with van der Waals surface area (Å²) < 4.78 is 8.46. The molecule has 2 N–H and O–H groups in total. The number of nitrogen functional groups attached to an aromatic ring is 1. The maximum absolute atomic E-state index is 12.0. The van der Waals surface area contributed by atoms with E-state index in [9.17, 15) is 4.79 Å². The van der Waals surface area contributed by atoms with Crippen LogP contribution in [-0.2, 0) is 6.54 Å². The molecule has 3 rings (SSSR count). The summed E-state index contributed by atoms with van der Waals surface area (Å²) in [7, 11) is 0. The molecule has 0 fully saturated rings. The van der Waals surface area contributed by atoms with Gasteiger partial charge in [0.2, 0.25) is 0 Å². The van der Waals surface area contributed by atoms with Gasteiger partial charge in [0, 0.05) is 25.4 Å². The molecule has 108 valence electrons. The molecule has 0 spiro atoms. The summed E-state index contributed by atoms with van der Waals surface area (Å²) in [5.74, 6) is 0.657. The van der Waals surface area contributed by atoms with Gasteiger partial charge < -0.3 is 10.5 Å². The second kappa shape index (κ2) is 5.66. The molecule has 2 aromatic heterocycles. The van der Waals surface area contributed by atoms with Crippen molar-refractivity contribution in [2.45, 2.75) is 13.0 Å². The normalized spacial score (nSPS) is 10.9. The Bertz CT molecular complexity index is 808. The first-order valence-electron chi connectivity index (χ1n) is 6.62. The van der Waals surface area contributed by atoms with Crippen LogP contribution < -0.4 is 16.2 Å². The molecule has 0 unspecified atom stereocenters. The van der Waals surface area contributed by atoms with E-state index in [-0.39, 0.29) is 5.69 Å². The van der Waals surface area contributed by atoms with Crippen molar-refractivity contribution in [1.82, 2.24) is 19.2 Å². The molecule has 0 aliphatic carbocycles. The summed E-state index contributed by atoms with van der Waals surface area (Å²) in [6.07, 6.45) is 5.37. The number of anilines is 1. The lowest BCUT2D eigenvalue weighted by molar-refractivity contribution is 0.299. The summed E-state index contributed by atoms with van der Waals surface area (Å²) in [5.41, 5.74) is 6.75. The zero-order chi connectivity index (χ0) is 14.7. The molecule has 0 saturated carbocycles. The predicted octanol–water partition coefficient (Wildman–Crippen LogP) is 0.942. The third-order valence-corrected chi connectivity index (χ3v) is 3.08. The van der Waals surface area contributed by atoms with Gasteiger partial charge in [-0.05, 0) is 12.1 Å². The van der Waals surface area contributed by atoms with Gasteiger partial charge in [-0.15, -0.1) is 5.10 Å². The Hall–Kier alpha value is -2.83. The number of aryl methyl sites for hydroxylation is 1. The third-order valence-electron chi connectivity index (χ3n) is 3.08. The van der Waals surface area contributed by atoms with Crippen LogP contribution in [0.1, 0.15) is 6.42 Å². The predicted molar refractivity (Wildman–Crippen MR) is 78.2 cm³/mol. The topological polar surface area (TPSA) is 87.4 Å². The molecule has 0 bridgehead atoms. The van der Waals surface area contributed by atoms with Crippen molar-refractivity contribution in [3.8, 4) is 5.75 Å². The standard InChI is InChI=1S/C14H15N5O2/c15-11-4-1-2-5-12(11)21-9-3-7-19-14(20)18-8-6-16-10-13(18)17-19/h1-2,4-6,8,10H,3,7,9,15H2. The summed E-state index contributed by atoms with van der Waals surface area (Å²) in [4.78, 5) is 16.0. The zero-order valence-corrected chi connectivity index (χ0v) is 11.3. The third kappa shape index (κ3) is 2.71. The van der Waals surface area contributed by atoms with Crippen LogP contribution in [0.4, 0.5) is 5.69 Å². The average molecular weight is 285 g/mol. The molecule has 0 aliphatic rings. The molecule has 0 amide bonds. The SMILES string of the molecule is Nc1ccccc1OCCCn1nc2cnccn2c1=O. The maximum Gasteiger partial charge on any atom is 0.350 e. The molecule has 0 aliphatic heterocycles. The van der Waals surface area contributed by atoms with Crippen LogP contribution in [0.25, 0.3) is 5.65 Å². The van der Waals surface area contributed by atoms with Crippen molar-refractivity contribution in [2.24, 2.45) is 0 Å². The minimum atomic E-state index is -0.174. The summed E-state index contributed by atoms with van der Waals surface area (Å²) in [6.45, 7) is 0.944. The van der Waals surface area contributed by atoms with E-state index in [4.69, 9.17) is 10.5 Å². The van der Waals surface area contributed by atoms with Gasteiger partial charge >= 0.3 is 5.69 Å². The molecular formula is C14H15N5O2. The molecule has 7 nitrogen and oxygen atoms in total. The van der Waals surface area contributed by atoms with Gasteiger partial charge in [0.05, 0.1) is 18.5 Å². The van der Waals surface area contributed by atoms with E-state index in [1.54, 1.807) is 24.7 Å². The number of para-hydroxylation sites is 2. The number of rotatable bonds is 5.